The lowest BCUT2D eigenvalue weighted by Crippen LogP contribution is -2.72. The second-order valence-electron chi connectivity index (χ2n) is 7.49. The Balaban J connectivity index is 3.43. The predicted molar refractivity (Wildman–Crippen MR) is 97.2 cm³/mol. The molecule has 0 spiro atoms. The number of alkyl halides is 15. The van der Waals surface area contributed by atoms with Crippen molar-refractivity contribution in [1.82, 2.24) is 0 Å². The quantitative estimate of drug-likeness (QED) is 0.141. The van der Waals surface area contributed by atoms with Crippen LogP contribution in [-0.4, -0.2) is 53.2 Å². The van der Waals surface area contributed by atoms with Gasteiger partial charge in [0.2, 0.25) is 5.83 Å². The van der Waals surface area contributed by atoms with E-state index >= 15 is 0 Å². The molecule has 1 unspecified atom stereocenters. The third-order valence-electron chi connectivity index (χ3n) is 4.62. The van der Waals surface area contributed by atoms with E-state index in [0.29, 0.717) is 12.1 Å². The molecular weight excluding hydrogens is 634 g/mol. The van der Waals surface area contributed by atoms with E-state index in [-0.39, 0.29) is 12.2 Å². The summed E-state index contributed by atoms with van der Waals surface area (Å²) < 4.78 is 244. The molecule has 0 saturated carbocycles. The molecule has 40 heavy (non-hydrogen) atoms. The predicted octanol–water partition coefficient (Wildman–Crippen LogP) is 8.27. The van der Waals surface area contributed by atoms with Crippen LogP contribution in [0.15, 0.2) is 36.1 Å². The molecule has 1 aromatic rings. The summed E-state index contributed by atoms with van der Waals surface area (Å²) in [6.45, 7) is 1.08. The minimum absolute atomic E-state index is 0.133. The normalized spacial score (nSPS) is 16.9. The highest BCUT2D eigenvalue weighted by atomic mass is 31.2. The fourth-order valence-corrected chi connectivity index (χ4v) is 3.68. The lowest BCUT2D eigenvalue weighted by Gasteiger charge is -2.41. The van der Waals surface area contributed by atoms with Crippen molar-refractivity contribution in [3.63, 3.8) is 0 Å². The van der Waals surface area contributed by atoms with Crippen molar-refractivity contribution in [2.45, 2.75) is 54.8 Å². The van der Waals surface area contributed by atoms with Gasteiger partial charge in [0.1, 0.15) is 5.75 Å². The summed E-state index contributed by atoms with van der Waals surface area (Å²) in [6.07, 6.45) is -8.55. The van der Waals surface area contributed by atoms with Crippen LogP contribution in [0, 0.1) is 0 Å². The Morgan fingerprint density at radius 1 is 0.725 bits per heavy atom. The molecule has 0 aliphatic carbocycles. The van der Waals surface area contributed by atoms with E-state index < -0.39 is 73.1 Å². The molecule has 4 nitrogen and oxygen atoms in total. The van der Waals surface area contributed by atoms with Crippen LogP contribution >= 0.6 is 7.60 Å². The molecule has 0 aliphatic rings. The smallest absolute Gasteiger partial charge is 0.430 e. The van der Waals surface area contributed by atoms with Gasteiger partial charge in [0.05, 0.1) is 12.8 Å². The number of ether oxygens (including phenoxy) is 1. The number of hydrogen-bond donors (Lipinski definition) is 1. The van der Waals surface area contributed by atoms with Crippen LogP contribution in [0.5, 0.6) is 5.75 Å². The molecule has 1 N–H and O–H groups in total. The zero-order chi connectivity index (χ0) is 32.0. The van der Waals surface area contributed by atoms with Crippen molar-refractivity contribution >= 4 is 7.60 Å². The van der Waals surface area contributed by atoms with Crippen LogP contribution in [0.25, 0.3) is 0 Å². The highest BCUT2D eigenvalue weighted by Gasteiger charge is 2.93. The molecule has 0 radical (unpaired) electrons. The zero-order valence-electron chi connectivity index (χ0n) is 18.8. The Morgan fingerprint density at radius 2 is 1.12 bits per heavy atom. The van der Waals surface area contributed by atoms with Crippen molar-refractivity contribution in [2.75, 3.05) is 6.61 Å². The van der Waals surface area contributed by atoms with Gasteiger partial charge in [-0.2, -0.15) is 74.6 Å². The Labute approximate surface area is 210 Å². The molecule has 1 rings (SSSR count). The molecular formula is C18H12F17O4P. The Hall–Kier alpha value is -2.28. The number of allylic oxidation sites excluding steroid dienone is 1. The van der Waals surface area contributed by atoms with E-state index in [9.17, 15) is 84.1 Å². The summed E-state index contributed by atoms with van der Waals surface area (Å²) in [6, 6.07) is -1.19. The Kier molecular flexibility index (Phi) is 9.69. The van der Waals surface area contributed by atoms with E-state index in [0.717, 1.165) is 12.1 Å². The largest absolute Gasteiger partial charge is 0.460 e. The average molecular weight is 646 g/mol. The fraction of sp³-hybridized carbons (Fsp3) is 0.556. The average Bonchev–Trinajstić information content (AvgIpc) is 2.78. The summed E-state index contributed by atoms with van der Waals surface area (Å²) in [7, 11) is -4.24. The van der Waals surface area contributed by atoms with Crippen LogP contribution < -0.4 is 4.74 Å². The highest BCUT2D eigenvalue weighted by Crippen LogP contribution is 2.63. The highest BCUT2D eigenvalue weighted by molar-refractivity contribution is 7.51. The fourth-order valence-electron chi connectivity index (χ4n) is 2.52. The lowest BCUT2D eigenvalue weighted by molar-refractivity contribution is -0.451. The van der Waals surface area contributed by atoms with Gasteiger partial charge >= 0.3 is 55.3 Å². The van der Waals surface area contributed by atoms with E-state index in [1.54, 1.807) is 0 Å². The number of hydrogen-bond acceptors (Lipinski definition) is 3. The molecule has 22 heteroatoms. The standard InChI is InChI=1S/C18H12F17O4P/c1-2-38-40(36,37)7-8-3-5-9(6-4-8)39-11(20)10(19)12(21,22)13(23,24)14(25,26)15(27,28)16(29,30)17(31,32)18(33,34)35/h3-6H,2,7H2,1H3,(H,36,37). The third-order valence-corrected chi connectivity index (χ3v) is 6.05. The van der Waals surface area contributed by atoms with Crippen LogP contribution in [0.4, 0.5) is 74.6 Å². The van der Waals surface area contributed by atoms with Crippen LogP contribution in [0.2, 0.25) is 0 Å². The summed E-state index contributed by atoms with van der Waals surface area (Å²) in [5.41, 5.74) is -0.133. The second-order valence-corrected chi connectivity index (χ2v) is 9.34. The van der Waals surface area contributed by atoms with E-state index in [2.05, 4.69) is 9.26 Å². The van der Waals surface area contributed by atoms with Crippen LogP contribution in [-0.2, 0) is 15.3 Å². The van der Waals surface area contributed by atoms with Crippen molar-refractivity contribution in [3.8, 4) is 5.75 Å². The molecule has 0 saturated heterocycles. The van der Waals surface area contributed by atoms with E-state index in [1.165, 1.54) is 6.92 Å². The minimum Gasteiger partial charge on any atom is -0.430 e. The Morgan fingerprint density at radius 3 is 1.52 bits per heavy atom. The van der Waals surface area contributed by atoms with Crippen molar-refractivity contribution in [1.29, 1.82) is 0 Å². The van der Waals surface area contributed by atoms with Gasteiger partial charge in [-0.1, -0.05) is 12.1 Å². The van der Waals surface area contributed by atoms with E-state index in [4.69, 9.17) is 0 Å². The Bertz CT molecular complexity index is 1130. The topological polar surface area (TPSA) is 55.8 Å². The van der Waals surface area contributed by atoms with Gasteiger partial charge in [0.25, 0.3) is 0 Å². The van der Waals surface area contributed by atoms with Gasteiger partial charge in [0.15, 0.2) is 0 Å². The first-order valence-corrected chi connectivity index (χ1v) is 11.4. The minimum atomic E-state index is -8.67. The first kappa shape index (κ1) is 35.7. The SMILES string of the molecule is CCOP(=O)(O)Cc1ccc(OC(F)=C(F)C(F)(F)C(F)(F)C(F)(F)C(F)(F)C(F)(F)C(F)(F)C(F)(F)F)cc1. The maximum absolute atomic E-state index is 13.8. The first-order chi connectivity index (χ1) is 17.5. The third kappa shape index (κ3) is 6.00. The molecule has 0 aliphatic heterocycles. The van der Waals surface area contributed by atoms with Gasteiger partial charge < -0.3 is 14.2 Å². The molecule has 0 amide bonds. The van der Waals surface area contributed by atoms with Crippen molar-refractivity contribution in [3.05, 3.63) is 41.7 Å². The second kappa shape index (κ2) is 10.8. The molecule has 0 bridgehead atoms. The maximum Gasteiger partial charge on any atom is 0.460 e. The molecule has 1 atom stereocenters. The zero-order valence-corrected chi connectivity index (χ0v) is 19.7. The molecule has 232 valence electrons. The number of halogens is 17. The number of benzene rings is 1. The summed E-state index contributed by atoms with van der Waals surface area (Å²) in [4.78, 5) is 9.45. The van der Waals surface area contributed by atoms with Crippen LogP contribution in [0.3, 0.4) is 0 Å². The van der Waals surface area contributed by atoms with Gasteiger partial charge in [-0.15, -0.1) is 0 Å². The summed E-state index contributed by atoms with van der Waals surface area (Å²) in [5.74, 6) is -55.7. The van der Waals surface area contributed by atoms with E-state index in [1.807, 2.05) is 0 Å². The molecule has 0 heterocycles. The maximum atomic E-state index is 13.8. The van der Waals surface area contributed by atoms with Gasteiger partial charge in [-0.3, -0.25) is 4.57 Å². The monoisotopic (exact) mass is 646 g/mol. The number of rotatable bonds is 12. The van der Waals surface area contributed by atoms with Gasteiger partial charge in [-0.05, 0) is 24.6 Å². The molecule has 0 fully saturated rings. The van der Waals surface area contributed by atoms with Gasteiger partial charge in [-0.25, -0.2) is 0 Å². The van der Waals surface area contributed by atoms with Gasteiger partial charge in [0, 0.05) is 0 Å². The first-order valence-electron chi connectivity index (χ1n) is 9.67. The summed E-state index contributed by atoms with van der Waals surface area (Å²) in [5, 5.41) is 0. The molecule has 1 aromatic carbocycles. The van der Waals surface area contributed by atoms with Crippen molar-refractivity contribution < 1.29 is 93.4 Å². The summed E-state index contributed by atoms with van der Waals surface area (Å²) >= 11 is 0. The molecule has 0 aromatic heterocycles. The van der Waals surface area contributed by atoms with Crippen molar-refractivity contribution in [2.24, 2.45) is 0 Å². The lowest BCUT2D eigenvalue weighted by atomic mass is 9.91. The van der Waals surface area contributed by atoms with Crippen LogP contribution in [0.1, 0.15) is 12.5 Å².